The number of aromatic nitrogens is 1. The summed E-state index contributed by atoms with van der Waals surface area (Å²) in [5.41, 5.74) is 2.41. The van der Waals surface area contributed by atoms with E-state index < -0.39 is 0 Å². The van der Waals surface area contributed by atoms with Crippen LogP contribution in [0, 0.1) is 6.92 Å². The highest BCUT2D eigenvalue weighted by Gasteiger charge is 2.08. The molecular weight excluding hydrogens is 220 g/mol. The van der Waals surface area contributed by atoms with Crippen LogP contribution in [0.2, 0.25) is 0 Å². The molecule has 1 N–H and O–H groups in total. The first-order valence-corrected chi connectivity index (χ1v) is 7.37. The van der Waals surface area contributed by atoms with Crippen molar-refractivity contribution >= 4 is 0 Å². The Balaban J connectivity index is 2.27. The second-order valence-corrected chi connectivity index (χ2v) is 5.13. The molecule has 102 valence electrons. The summed E-state index contributed by atoms with van der Waals surface area (Å²) in [5, 5.41) is 3.40. The molecule has 0 saturated carbocycles. The summed E-state index contributed by atoms with van der Waals surface area (Å²) in [6.45, 7) is 4.30. The highest BCUT2D eigenvalue weighted by molar-refractivity contribution is 5.16. The lowest BCUT2D eigenvalue weighted by Gasteiger charge is -2.16. The number of hydrogen-bond acceptors (Lipinski definition) is 2. The minimum atomic E-state index is 0.462. The molecule has 0 bridgehead atoms. The van der Waals surface area contributed by atoms with Crippen LogP contribution in [-0.2, 0) is 0 Å². The SMILES string of the molecule is CCCCCCCCC(NC)c1ccc(C)nc1. The van der Waals surface area contributed by atoms with E-state index in [0.29, 0.717) is 6.04 Å². The third-order valence-electron chi connectivity index (χ3n) is 3.53. The normalized spacial score (nSPS) is 12.6. The monoisotopic (exact) mass is 248 g/mol. The molecule has 0 spiro atoms. The predicted molar refractivity (Wildman–Crippen MR) is 78.8 cm³/mol. The fraction of sp³-hybridized carbons (Fsp3) is 0.688. The zero-order valence-electron chi connectivity index (χ0n) is 12.2. The van der Waals surface area contributed by atoms with E-state index in [2.05, 4.69) is 29.4 Å². The highest BCUT2D eigenvalue weighted by Crippen LogP contribution is 2.19. The molecular formula is C16H28N2. The molecule has 0 aliphatic heterocycles. The van der Waals surface area contributed by atoms with E-state index in [-0.39, 0.29) is 0 Å². The predicted octanol–water partition coefficient (Wildman–Crippen LogP) is 4.40. The van der Waals surface area contributed by atoms with Gasteiger partial charge in [-0.25, -0.2) is 0 Å². The quantitative estimate of drug-likeness (QED) is 0.655. The minimum Gasteiger partial charge on any atom is -0.313 e. The molecule has 2 nitrogen and oxygen atoms in total. The van der Waals surface area contributed by atoms with Crippen LogP contribution >= 0.6 is 0 Å². The molecule has 0 amide bonds. The van der Waals surface area contributed by atoms with Gasteiger partial charge in [-0.1, -0.05) is 51.5 Å². The van der Waals surface area contributed by atoms with E-state index in [1.165, 1.54) is 50.5 Å². The van der Waals surface area contributed by atoms with Gasteiger partial charge in [0.05, 0.1) is 0 Å². The van der Waals surface area contributed by atoms with Crippen molar-refractivity contribution in [2.24, 2.45) is 0 Å². The maximum absolute atomic E-state index is 4.38. The van der Waals surface area contributed by atoms with Gasteiger partial charge in [-0.15, -0.1) is 0 Å². The average molecular weight is 248 g/mol. The Morgan fingerprint density at radius 2 is 1.83 bits per heavy atom. The van der Waals surface area contributed by atoms with Crippen LogP contribution in [-0.4, -0.2) is 12.0 Å². The fourth-order valence-electron chi connectivity index (χ4n) is 2.29. The number of unbranched alkanes of at least 4 members (excludes halogenated alkanes) is 5. The number of aryl methyl sites for hydroxylation is 1. The molecule has 0 aromatic carbocycles. The number of pyridine rings is 1. The fourth-order valence-corrected chi connectivity index (χ4v) is 2.29. The van der Waals surface area contributed by atoms with Crippen molar-refractivity contribution in [3.8, 4) is 0 Å². The van der Waals surface area contributed by atoms with Gasteiger partial charge in [0.15, 0.2) is 0 Å². The Morgan fingerprint density at radius 3 is 2.44 bits per heavy atom. The largest absolute Gasteiger partial charge is 0.313 e. The second kappa shape index (κ2) is 9.09. The average Bonchev–Trinajstić information content (AvgIpc) is 2.39. The molecule has 1 rings (SSSR count). The van der Waals surface area contributed by atoms with Gasteiger partial charge in [0.25, 0.3) is 0 Å². The van der Waals surface area contributed by atoms with Crippen molar-refractivity contribution in [1.29, 1.82) is 0 Å². The summed E-state index contributed by atoms with van der Waals surface area (Å²) in [5.74, 6) is 0. The first-order valence-electron chi connectivity index (χ1n) is 7.37. The molecule has 1 unspecified atom stereocenters. The molecule has 1 heterocycles. The van der Waals surface area contributed by atoms with Gasteiger partial charge >= 0.3 is 0 Å². The van der Waals surface area contributed by atoms with Crippen molar-refractivity contribution < 1.29 is 0 Å². The third kappa shape index (κ3) is 5.63. The lowest BCUT2D eigenvalue weighted by Crippen LogP contribution is -2.16. The molecule has 0 aliphatic carbocycles. The topological polar surface area (TPSA) is 24.9 Å². The van der Waals surface area contributed by atoms with E-state index in [4.69, 9.17) is 0 Å². The lowest BCUT2D eigenvalue weighted by atomic mass is 10.0. The van der Waals surface area contributed by atoms with Crippen molar-refractivity contribution in [1.82, 2.24) is 10.3 Å². The number of nitrogens with one attached hydrogen (secondary N) is 1. The Hall–Kier alpha value is -0.890. The summed E-state index contributed by atoms with van der Waals surface area (Å²) in [7, 11) is 2.04. The first-order chi connectivity index (χ1) is 8.77. The van der Waals surface area contributed by atoms with Crippen molar-refractivity contribution in [2.45, 2.75) is 64.8 Å². The first kappa shape index (κ1) is 15.2. The second-order valence-electron chi connectivity index (χ2n) is 5.13. The molecule has 0 fully saturated rings. The van der Waals surface area contributed by atoms with Gasteiger partial charge in [-0.05, 0) is 32.0 Å². The molecule has 0 aliphatic rings. The summed E-state index contributed by atoms with van der Waals surface area (Å²) < 4.78 is 0. The van der Waals surface area contributed by atoms with Crippen LogP contribution in [0.25, 0.3) is 0 Å². The van der Waals surface area contributed by atoms with Gasteiger partial charge < -0.3 is 5.32 Å². The van der Waals surface area contributed by atoms with Gasteiger partial charge in [-0.3, -0.25) is 4.98 Å². The molecule has 1 aromatic heterocycles. The Bertz CT molecular complexity index is 305. The van der Waals surface area contributed by atoms with Crippen LogP contribution < -0.4 is 5.32 Å². The summed E-state index contributed by atoms with van der Waals surface area (Å²) >= 11 is 0. The Kier molecular flexibility index (Phi) is 7.66. The van der Waals surface area contributed by atoms with Crippen LogP contribution in [0.4, 0.5) is 0 Å². The molecule has 0 saturated heterocycles. The van der Waals surface area contributed by atoms with Crippen molar-refractivity contribution in [3.63, 3.8) is 0 Å². The van der Waals surface area contributed by atoms with Gasteiger partial charge in [0.2, 0.25) is 0 Å². The maximum Gasteiger partial charge on any atom is 0.0372 e. The molecule has 1 aromatic rings. The standard InChI is InChI=1S/C16H28N2/c1-4-5-6-7-8-9-10-16(17-3)15-12-11-14(2)18-13-15/h11-13,16-17H,4-10H2,1-3H3. The summed E-state index contributed by atoms with van der Waals surface area (Å²) in [6.07, 6.45) is 11.4. The van der Waals surface area contributed by atoms with E-state index in [9.17, 15) is 0 Å². The smallest absolute Gasteiger partial charge is 0.0372 e. The molecule has 18 heavy (non-hydrogen) atoms. The summed E-state index contributed by atoms with van der Waals surface area (Å²) in [6, 6.07) is 4.76. The summed E-state index contributed by atoms with van der Waals surface area (Å²) in [4.78, 5) is 4.38. The van der Waals surface area contributed by atoms with Crippen LogP contribution in [0.1, 0.15) is 69.2 Å². The van der Waals surface area contributed by atoms with Gasteiger partial charge in [0.1, 0.15) is 0 Å². The number of nitrogens with zero attached hydrogens (tertiary/aromatic N) is 1. The Morgan fingerprint density at radius 1 is 1.11 bits per heavy atom. The Labute approximate surface area is 112 Å². The third-order valence-corrected chi connectivity index (χ3v) is 3.53. The van der Waals surface area contributed by atoms with E-state index in [1.807, 2.05) is 20.2 Å². The molecule has 0 radical (unpaired) electrons. The van der Waals surface area contributed by atoms with Crippen LogP contribution in [0.15, 0.2) is 18.3 Å². The molecule has 1 atom stereocenters. The van der Waals surface area contributed by atoms with Crippen molar-refractivity contribution in [3.05, 3.63) is 29.6 Å². The van der Waals surface area contributed by atoms with Gasteiger partial charge in [-0.2, -0.15) is 0 Å². The zero-order valence-corrected chi connectivity index (χ0v) is 12.2. The van der Waals surface area contributed by atoms with E-state index in [0.717, 1.165) is 5.69 Å². The maximum atomic E-state index is 4.38. The molecule has 2 heteroatoms. The minimum absolute atomic E-state index is 0.462. The van der Waals surface area contributed by atoms with Crippen LogP contribution in [0.3, 0.4) is 0 Å². The van der Waals surface area contributed by atoms with E-state index >= 15 is 0 Å². The highest BCUT2D eigenvalue weighted by atomic mass is 14.9. The van der Waals surface area contributed by atoms with Crippen molar-refractivity contribution in [2.75, 3.05) is 7.05 Å². The number of rotatable bonds is 9. The zero-order chi connectivity index (χ0) is 13.2. The van der Waals surface area contributed by atoms with Gasteiger partial charge in [0, 0.05) is 17.9 Å². The number of hydrogen-bond donors (Lipinski definition) is 1. The lowest BCUT2D eigenvalue weighted by molar-refractivity contribution is 0.497. The van der Waals surface area contributed by atoms with Crippen LogP contribution in [0.5, 0.6) is 0 Å². The van der Waals surface area contributed by atoms with E-state index in [1.54, 1.807) is 0 Å².